The van der Waals surface area contributed by atoms with Crippen LogP contribution in [0.15, 0.2) is 42.5 Å². The molecule has 2 aromatic carbocycles. The molecule has 2 rings (SSSR count). The Morgan fingerprint density at radius 3 is 2.63 bits per heavy atom. The first-order chi connectivity index (χ1) is 9.20. The summed E-state index contributed by atoms with van der Waals surface area (Å²) in [5.41, 5.74) is 7.18. The maximum Gasteiger partial charge on any atom is 0.123 e. The van der Waals surface area contributed by atoms with Gasteiger partial charge in [0, 0.05) is 10.6 Å². The second kappa shape index (κ2) is 6.55. The molecule has 19 heavy (non-hydrogen) atoms. The van der Waals surface area contributed by atoms with Crippen LogP contribution in [0.4, 0.5) is 4.39 Å². The van der Waals surface area contributed by atoms with Crippen LogP contribution in [-0.4, -0.2) is 6.54 Å². The van der Waals surface area contributed by atoms with Crippen molar-refractivity contribution in [1.29, 1.82) is 0 Å². The van der Waals surface area contributed by atoms with Crippen LogP contribution in [0.25, 0.3) is 0 Å². The number of nitrogens with two attached hydrogens (primary N) is 1. The summed E-state index contributed by atoms with van der Waals surface area (Å²) in [7, 11) is 0. The van der Waals surface area contributed by atoms with Gasteiger partial charge in [-0.05, 0) is 42.8 Å². The summed E-state index contributed by atoms with van der Waals surface area (Å²) in [5, 5.41) is 0.657. The van der Waals surface area contributed by atoms with Gasteiger partial charge in [-0.1, -0.05) is 29.8 Å². The quantitative estimate of drug-likeness (QED) is 0.908. The molecule has 0 aliphatic heterocycles. The molecule has 100 valence electrons. The van der Waals surface area contributed by atoms with Crippen LogP contribution in [0.2, 0.25) is 5.02 Å². The lowest BCUT2D eigenvalue weighted by atomic mass is 10.1. The number of halogens is 2. The van der Waals surface area contributed by atoms with Gasteiger partial charge in [-0.2, -0.15) is 0 Å². The van der Waals surface area contributed by atoms with Crippen molar-refractivity contribution in [2.24, 2.45) is 5.73 Å². The van der Waals surface area contributed by atoms with Crippen LogP contribution < -0.4 is 10.5 Å². The van der Waals surface area contributed by atoms with E-state index < -0.39 is 0 Å². The van der Waals surface area contributed by atoms with Crippen molar-refractivity contribution in [2.75, 3.05) is 6.54 Å². The molecule has 0 aromatic heterocycles. The van der Waals surface area contributed by atoms with Crippen molar-refractivity contribution in [3.05, 3.63) is 64.4 Å². The molecule has 0 saturated carbocycles. The van der Waals surface area contributed by atoms with Gasteiger partial charge in [-0.15, -0.1) is 0 Å². The molecule has 2 N–H and O–H groups in total. The average molecular weight is 280 g/mol. The molecule has 0 bridgehead atoms. The van der Waals surface area contributed by atoms with E-state index in [1.54, 1.807) is 6.07 Å². The van der Waals surface area contributed by atoms with Crippen molar-refractivity contribution >= 4 is 11.6 Å². The van der Waals surface area contributed by atoms with E-state index in [0.29, 0.717) is 30.3 Å². The third-order valence-electron chi connectivity index (χ3n) is 2.78. The highest BCUT2D eigenvalue weighted by Crippen LogP contribution is 2.23. The van der Waals surface area contributed by atoms with Crippen molar-refractivity contribution in [2.45, 2.75) is 13.0 Å². The Morgan fingerprint density at radius 1 is 1.11 bits per heavy atom. The third kappa shape index (κ3) is 3.69. The summed E-state index contributed by atoms with van der Waals surface area (Å²) in [6.45, 7) is 0.800. The number of ether oxygens (including phenoxy) is 1. The van der Waals surface area contributed by atoms with Gasteiger partial charge in [0.25, 0.3) is 0 Å². The Kier molecular flexibility index (Phi) is 4.77. The highest BCUT2D eigenvalue weighted by Gasteiger charge is 2.06. The molecule has 0 spiro atoms. The summed E-state index contributed by atoms with van der Waals surface area (Å²) < 4.78 is 18.9. The minimum Gasteiger partial charge on any atom is -0.489 e. The van der Waals surface area contributed by atoms with Gasteiger partial charge in [0.05, 0.1) is 0 Å². The fourth-order valence-corrected chi connectivity index (χ4v) is 2.00. The second-order valence-electron chi connectivity index (χ2n) is 4.17. The van der Waals surface area contributed by atoms with E-state index in [-0.39, 0.29) is 5.82 Å². The molecule has 0 heterocycles. The van der Waals surface area contributed by atoms with Gasteiger partial charge in [0.1, 0.15) is 18.2 Å². The van der Waals surface area contributed by atoms with Crippen LogP contribution in [0.1, 0.15) is 11.1 Å². The molecule has 0 aliphatic carbocycles. The van der Waals surface area contributed by atoms with E-state index in [9.17, 15) is 4.39 Å². The van der Waals surface area contributed by atoms with Crippen molar-refractivity contribution in [3.8, 4) is 5.75 Å². The van der Waals surface area contributed by atoms with Gasteiger partial charge in [0.15, 0.2) is 0 Å². The van der Waals surface area contributed by atoms with E-state index >= 15 is 0 Å². The maximum absolute atomic E-state index is 13.2. The van der Waals surface area contributed by atoms with Gasteiger partial charge in [-0.25, -0.2) is 4.39 Å². The summed E-state index contributed by atoms with van der Waals surface area (Å²) >= 11 is 6.06. The average Bonchev–Trinajstić information content (AvgIpc) is 2.40. The second-order valence-corrected chi connectivity index (χ2v) is 4.58. The Balaban J connectivity index is 2.13. The minimum absolute atomic E-state index is 0.284. The Morgan fingerprint density at radius 2 is 1.89 bits per heavy atom. The Bertz CT molecular complexity index is 560. The smallest absolute Gasteiger partial charge is 0.123 e. The monoisotopic (exact) mass is 279 g/mol. The lowest BCUT2D eigenvalue weighted by Gasteiger charge is -2.12. The van der Waals surface area contributed by atoms with Crippen LogP contribution >= 0.6 is 11.6 Å². The molecule has 4 heteroatoms. The third-order valence-corrected chi connectivity index (χ3v) is 3.15. The minimum atomic E-state index is -0.284. The first kappa shape index (κ1) is 13.8. The molecule has 2 nitrogen and oxygen atoms in total. The summed E-state index contributed by atoms with van der Waals surface area (Å²) in [5.74, 6) is 0.361. The van der Waals surface area contributed by atoms with Gasteiger partial charge < -0.3 is 10.5 Å². The normalized spacial score (nSPS) is 10.5. The molecule has 0 aliphatic rings. The van der Waals surface area contributed by atoms with Crippen molar-refractivity contribution in [3.63, 3.8) is 0 Å². The van der Waals surface area contributed by atoms with Crippen molar-refractivity contribution in [1.82, 2.24) is 0 Å². The molecule has 0 fully saturated rings. The van der Waals surface area contributed by atoms with E-state index in [0.717, 1.165) is 11.1 Å². The zero-order chi connectivity index (χ0) is 13.7. The van der Waals surface area contributed by atoms with E-state index in [4.69, 9.17) is 22.1 Å². The first-order valence-corrected chi connectivity index (χ1v) is 6.43. The van der Waals surface area contributed by atoms with Crippen molar-refractivity contribution < 1.29 is 9.13 Å². The zero-order valence-electron chi connectivity index (χ0n) is 10.4. The molecular weight excluding hydrogens is 265 g/mol. The van der Waals surface area contributed by atoms with E-state index in [1.807, 2.05) is 24.3 Å². The molecule has 0 radical (unpaired) electrons. The van der Waals surface area contributed by atoms with E-state index in [1.165, 1.54) is 12.1 Å². The standard InChI is InChI=1S/C15H15ClFNO/c16-14-4-2-1-3-12(14)10-19-15-6-5-13(17)9-11(15)7-8-18/h1-6,9H,7-8,10,18H2. The molecular formula is C15H15ClFNO. The van der Waals surface area contributed by atoms with Gasteiger partial charge in [0.2, 0.25) is 0 Å². The lowest BCUT2D eigenvalue weighted by Crippen LogP contribution is -2.06. The van der Waals surface area contributed by atoms with E-state index in [2.05, 4.69) is 0 Å². The van der Waals surface area contributed by atoms with Gasteiger partial charge >= 0.3 is 0 Å². The SMILES string of the molecule is NCCc1cc(F)ccc1OCc1ccccc1Cl. The maximum atomic E-state index is 13.2. The highest BCUT2D eigenvalue weighted by molar-refractivity contribution is 6.31. The summed E-state index contributed by atoms with van der Waals surface area (Å²) in [4.78, 5) is 0. The van der Waals surface area contributed by atoms with Crippen LogP contribution in [0.5, 0.6) is 5.75 Å². The lowest BCUT2D eigenvalue weighted by molar-refractivity contribution is 0.302. The number of rotatable bonds is 5. The largest absolute Gasteiger partial charge is 0.489 e. The number of hydrogen-bond donors (Lipinski definition) is 1. The molecule has 0 unspecified atom stereocenters. The van der Waals surface area contributed by atoms with Crippen LogP contribution in [-0.2, 0) is 13.0 Å². The molecule has 0 amide bonds. The fourth-order valence-electron chi connectivity index (χ4n) is 1.81. The predicted octanol–water partition coefficient (Wildman–Crippen LogP) is 3.56. The molecule has 2 aromatic rings. The first-order valence-electron chi connectivity index (χ1n) is 6.05. The highest BCUT2D eigenvalue weighted by atomic mass is 35.5. The summed E-state index contributed by atoms with van der Waals surface area (Å²) in [6.07, 6.45) is 0.579. The van der Waals surface area contributed by atoms with Gasteiger partial charge in [-0.3, -0.25) is 0 Å². The topological polar surface area (TPSA) is 35.2 Å². The molecule has 0 atom stereocenters. The Labute approximate surface area is 117 Å². The summed E-state index contributed by atoms with van der Waals surface area (Å²) in [6, 6.07) is 11.9. The Hall–Kier alpha value is -1.58. The zero-order valence-corrected chi connectivity index (χ0v) is 11.2. The molecule has 0 saturated heterocycles. The number of hydrogen-bond acceptors (Lipinski definition) is 2. The fraction of sp³-hybridized carbons (Fsp3) is 0.200. The predicted molar refractivity (Wildman–Crippen MR) is 74.9 cm³/mol. The number of benzene rings is 2. The van der Waals surface area contributed by atoms with Crippen LogP contribution in [0.3, 0.4) is 0 Å². The van der Waals surface area contributed by atoms with Crippen LogP contribution in [0, 0.1) is 5.82 Å².